The molecule has 0 atom stereocenters. The summed E-state index contributed by atoms with van der Waals surface area (Å²) in [7, 11) is -4.50. The van der Waals surface area contributed by atoms with Crippen molar-refractivity contribution in [3.8, 4) is 0 Å². The van der Waals surface area contributed by atoms with Gasteiger partial charge in [0.1, 0.15) is 15.6 Å². The van der Waals surface area contributed by atoms with Crippen molar-refractivity contribution in [2.75, 3.05) is 19.7 Å². The van der Waals surface area contributed by atoms with Gasteiger partial charge in [-0.2, -0.15) is 17.5 Å². The number of aliphatic hydroxyl groups excluding tert-OH is 1. The zero-order chi connectivity index (χ0) is 15.6. The zero-order valence-electron chi connectivity index (χ0n) is 9.79. The van der Waals surface area contributed by atoms with Crippen LogP contribution in [0.1, 0.15) is 9.67 Å². The summed E-state index contributed by atoms with van der Waals surface area (Å²) in [5, 5.41) is 17.3. The fourth-order valence-corrected chi connectivity index (χ4v) is 4.01. The average Bonchev–Trinajstić information content (AvgIpc) is 2.76. The maximum atomic E-state index is 12.3. The van der Waals surface area contributed by atoms with E-state index in [0.717, 1.165) is 12.1 Å². The third-order valence-electron chi connectivity index (χ3n) is 2.09. The third-order valence-corrected chi connectivity index (χ3v) is 5.48. The lowest BCUT2D eigenvalue weighted by Crippen LogP contribution is -2.40. The van der Waals surface area contributed by atoms with Crippen molar-refractivity contribution in [1.82, 2.24) is 4.31 Å². The molecule has 1 aromatic heterocycles. The normalized spacial score (nSPS) is 12.8. The Kier molecular flexibility index (Phi) is 5.13. The van der Waals surface area contributed by atoms with E-state index in [4.69, 9.17) is 10.2 Å². The van der Waals surface area contributed by atoms with Crippen LogP contribution in [0.15, 0.2) is 16.3 Å². The minimum absolute atomic E-state index is 0.0600. The van der Waals surface area contributed by atoms with Crippen molar-refractivity contribution < 1.29 is 36.6 Å². The van der Waals surface area contributed by atoms with E-state index in [9.17, 15) is 26.4 Å². The van der Waals surface area contributed by atoms with E-state index in [-0.39, 0.29) is 9.18 Å². The van der Waals surface area contributed by atoms with Crippen molar-refractivity contribution in [3.63, 3.8) is 0 Å². The molecule has 0 radical (unpaired) electrons. The molecule has 0 aliphatic rings. The number of thiophene rings is 1. The minimum Gasteiger partial charge on any atom is -0.477 e. The maximum absolute atomic E-state index is 12.3. The first kappa shape index (κ1) is 16.9. The largest absolute Gasteiger partial charge is 0.477 e. The molecule has 0 saturated heterocycles. The summed E-state index contributed by atoms with van der Waals surface area (Å²) in [5.74, 6) is -1.37. The van der Waals surface area contributed by atoms with Gasteiger partial charge in [-0.25, -0.2) is 13.2 Å². The number of nitrogens with zero attached hydrogens (tertiary/aromatic N) is 1. The van der Waals surface area contributed by atoms with E-state index in [1.807, 2.05) is 0 Å². The summed E-state index contributed by atoms with van der Waals surface area (Å²) in [6.07, 6.45) is -4.77. The average molecular weight is 333 g/mol. The van der Waals surface area contributed by atoms with Crippen LogP contribution in [-0.4, -0.2) is 54.8 Å². The Hall–Kier alpha value is -1.17. The maximum Gasteiger partial charge on any atom is 0.402 e. The molecule has 0 amide bonds. The first-order chi connectivity index (χ1) is 9.08. The van der Waals surface area contributed by atoms with Gasteiger partial charge in [-0.15, -0.1) is 11.3 Å². The number of aromatic carboxylic acids is 1. The van der Waals surface area contributed by atoms with Crippen molar-refractivity contribution in [2.24, 2.45) is 0 Å². The molecule has 20 heavy (non-hydrogen) atoms. The number of rotatable bonds is 6. The number of carboxylic acids is 1. The van der Waals surface area contributed by atoms with Crippen LogP contribution >= 0.6 is 11.3 Å². The molecular formula is C9H10F3NO5S2. The van der Waals surface area contributed by atoms with Crippen LogP contribution in [0, 0.1) is 0 Å². The Morgan fingerprint density at radius 3 is 2.35 bits per heavy atom. The van der Waals surface area contributed by atoms with E-state index in [0.29, 0.717) is 11.3 Å². The van der Waals surface area contributed by atoms with Crippen molar-refractivity contribution in [1.29, 1.82) is 0 Å². The first-order valence-corrected chi connectivity index (χ1v) is 7.34. The van der Waals surface area contributed by atoms with Crippen LogP contribution in [0.2, 0.25) is 0 Å². The topological polar surface area (TPSA) is 94.9 Å². The summed E-state index contributed by atoms with van der Waals surface area (Å²) in [6, 6.07) is 1.91. The van der Waals surface area contributed by atoms with E-state index >= 15 is 0 Å². The zero-order valence-corrected chi connectivity index (χ0v) is 11.4. The van der Waals surface area contributed by atoms with Crippen LogP contribution in [0.4, 0.5) is 13.2 Å². The fourth-order valence-electron chi connectivity index (χ4n) is 1.30. The molecule has 0 fully saturated rings. The Morgan fingerprint density at radius 2 is 1.95 bits per heavy atom. The standard InChI is InChI=1S/C9H10F3NO5S2/c10-9(11,12)5-13(3-4-14)20(17,18)7-2-1-6(19-7)8(15)16/h1-2,14H,3-5H2,(H,15,16). The van der Waals surface area contributed by atoms with Gasteiger partial charge in [0, 0.05) is 6.54 Å². The Labute approximate surface area is 116 Å². The van der Waals surface area contributed by atoms with Gasteiger partial charge in [0.05, 0.1) is 6.61 Å². The number of carboxylic acid groups (broad SMARTS) is 1. The molecule has 0 bridgehead atoms. The molecule has 1 rings (SSSR count). The number of carbonyl (C=O) groups is 1. The highest BCUT2D eigenvalue weighted by Gasteiger charge is 2.37. The minimum atomic E-state index is -4.77. The summed E-state index contributed by atoms with van der Waals surface area (Å²) in [5.41, 5.74) is 0. The van der Waals surface area contributed by atoms with Crippen LogP contribution in [0.3, 0.4) is 0 Å². The van der Waals surface area contributed by atoms with E-state index in [1.54, 1.807) is 0 Å². The lowest BCUT2D eigenvalue weighted by molar-refractivity contribution is -0.136. The van der Waals surface area contributed by atoms with Crippen LogP contribution in [-0.2, 0) is 10.0 Å². The van der Waals surface area contributed by atoms with Gasteiger partial charge in [-0.05, 0) is 12.1 Å². The van der Waals surface area contributed by atoms with E-state index < -0.39 is 46.1 Å². The number of aliphatic hydroxyl groups is 1. The number of sulfonamides is 1. The molecule has 0 aromatic carbocycles. The van der Waals surface area contributed by atoms with Crippen LogP contribution in [0.25, 0.3) is 0 Å². The van der Waals surface area contributed by atoms with Gasteiger partial charge < -0.3 is 10.2 Å². The van der Waals surface area contributed by atoms with Gasteiger partial charge in [-0.3, -0.25) is 0 Å². The molecule has 11 heteroatoms. The van der Waals surface area contributed by atoms with E-state index in [2.05, 4.69) is 0 Å². The lowest BCUT2D eigenvalue weighted by atomic mass is 10.5. The summed E-state index contributed by atoms with van der Waals surface area (Å²) < 4.78 is 60.5. The second kappa shape index (κ2) is 6.08. The predicted octanol–water partition coefficient (Wildman–Crippen LogP) is 0.992. The van der Waals surface area contributed by atoms with Crippen LogP contribution in [0.5, 0.6) is 0 Å². The molecule has 0 aliphatic carbocycles. The fraction of sp³-hybridized carbons (Fsp3) is 0.444. The quantitative estimate of drug-likeness (QED) is 0.809. The molecule has 114 valence electrons. The Bertz CT molecular complexity index is 581. The van der Waals surface area contributed by atoms with Crippen LogP contribution < -0.4 is 0 Å². The van der Waals surface area contributed by atoms with E-state index in [1.165, 1.54) is 0 Å². The SMILES string of the molecule is O=C(O)c1ccc(S(=O)(=O)N(CCO)CC(F)(F)F)s1. The smallest absolute Gasteiger partial charge is 0.402 e. The second-order valence-electron chi connectivity index (χ2n) is 3.60. The van der Waals surface area contributed by atoms with Gasteiger partial charge in [0.2, 0.25) is 0 Å². The highest BCUT2D eigenvalue weighted by atomic mass is 32.2. The van der Waals surface area contributed by atoms with Gasteiger partial charge in [0.25, 0.3) is 10.0 Å². The highest BCUT2D eigenvalue weighted by molar-refractivity contribution is 7.91. The van der Waals surface area contributed by atoms with Crippen molar-refractivity contribution in [2.45, 2.75) is 10.4 Å². The molecule has 6 nitrogen and oxygen atoms in total. The molecule has 0 aliphatic heterocycles. The molecule has 2 N–H and O–H groups in total. The highest BCUT2D eigenvalue weighted by Crippen LogP contribution is 2.27. The second-order valence-corrected chi connectivity index (χ2v) is 6.85. The number of hydrogen-bond donors (Lipinski definition) is 2. The van der Waals surface area contributed by atoms with Gasteiger partial charge in [-0.1, -0.05) is 0 Å². The predicted molar refractivity (Wildman–Crippen MR) is 63.2 cm³/mol. The monoisotopic (exact) mass is 333 g/mol. The summed E-state index contributed by atoms with van der Waals surface area (Å²) >= 11 is 0.350. The molecule has 0 unspecified atom stereocenters. The molecular weight excluding hydrogens is 323 g/mol. The summed E-state index contributed by atoms with van der Waals surface area (Å²) in [4.78, 5) is 10.3. The van der Waals surface area contributed by atoms with Gasteiger partial charge >= 0.3 is 12.1 Å². The van der Waals surface area contributed by atoms with Crippen molar-refractivity contribution >= 4 is 27.3 Å². The van der Waals surface area contributed by atoms with Gasteiger partial charge in [0.15, 0.2) is 0 Å². The third kappa shape index (κ3) is 4.16. The number of halogens is 3. The first-order valence-electron chi connectivity index (χ1n) is 5.09. The molecule has 0 saturated carbocycles. The number of hydrogen-bond acceptors (Lipinski definition) is 5. The van der Waals surface area contributed by atoms with Crippen molar-refractivity contribution in [3.05, 3.63) is 17.0 Å². The Morgan fingerprint density at radius 1 is 1.35 bits per heavy atom. The summed E-state index contributed by atoms with van der Waals surface area (Å²) in [6.45, 7) is -3.27. The molecule has 1 heterocycles. The number of alkyl halides is 3. The lowest BCUT2D eigenvalue weighted by Gasteiger charge is -2.21. The molecule has 1 aromatic rings. The Balaban J connectivity index is 3.11. The molecule has 0 spiro atoms.